The Labute approximate surface area is 141 Å². The monoisotopic (exact) mass is 372 g/mol. The van der Waals surface area contributed by atoms with Crippen molar-refractivity contribution >= 4 is 32.8 Å². The van der Waals surface area contributed by atoms with E-state index < -0.39 is 5.97 Å². The summed E-state index contributed by atoms with van der Waals surface area (Å²) >= 11 is 3.41. The molecule has 0 spiro atoms. The smallest absolute Gasteiger partial charge is 0.338 e. The number of halogens is 1. The van der Waals surface area contributed by atoms with Crippen molar-refractivity contribution < 1.29 is 14.3 Å². The normalized spacial score (nSPS) is 10.6. The SMILES string of the molecule is COC(=O)c1cc(-c2ccc(Br)cc2)nc2ccnc(OC)c12. The first kappa shape index (κ1) is 15.4. The van der Waals surface area contributed by atoms with E-state index in [2.05, 4.69) is 25.9 Å². The average Bonchev–Trinajstić information content (AvgIpc) is 2.60. The Bertz CT molecular complexity index is 879. The van der Waals surface area contributed by atoms with Gasteiger partial charge in [0.25, 0.3) is 0 Å². The van der Waals surface area contributed by atoms with Crippen LogP contribution in [0.1, 0.15) is 10.4 Å². The lowest BCUT2D eigenvalue weighted by Crippen LogP contribution is -2.05. The third-order valence-corrected chi connectivity index (χ3v) is 3.95. The van der Waals surface area contributed by atoms with E-state index in [4.69, 9.17) is 9.47 Å². The number of benzene rings is 1. The van der Waals surface area contributed by atoms with Crippen molar-refractivity contribution in [1.82, 2.24) is 9.97 Å². The molecule has 0 saturated carbocycles. The van der Waals surface area contributed by atoms with E-state index in [-0.39, 0.29) is 0 Å². The molecule has 0 unspecified atom stereocenters. The molecule has 1 aromatic carbocycles. The minimum Gasteiger partial charge on any atom is -0.480 e. The van der Waals surface area contributed by atoms with Gasteiger partial charge < -0.3 is 9.47 Å². The van der Waals surface area contributed by atoms with Crippen LogP contribution in [0.4, 0.5) is 0 Å². The Balaban J connectivity index is 2.30. The number of ether oxygens (including phenoxy) is 2. The summed E-state index contributed by atoms with van der Waals surface area (Å²) in [6.45, 7) is 0. The van der Waals surface area contributed by atoms with Gasteiger partial charge in [0.15, 0.2) is 0 Å². The van der Waals surface area contributed by atoms with E-state index in [0.29, 0.717) is 28.0 Å². The van der Waals surface area contributed by atoms with Crippen LogP contribution >= 0.6 is 15.9 Å². The molecular formula is C17H13BrN2O3. The molecule has 0 N–H and O–H groups in total. The Kier molecular flexibility index (Phi) is 4.25. The summed E-state index contributed by atoms with van der Waals surface area (Å²) in [6.07, 6.45) is 1.60. The van der Waals surface area contributed by atoms with Crippen molar-refractivity contribution in [2.45, 2.75) is 0 Å². The molecule has 5 nitrogen and oxygen atoms in total. The number of rotatable bonds is 3. The van der Waals surface area contributed by atoms with Crippen LogP contribution in [0.3, 0.4) is 0 Å². The maximum absolute atomic E-state index is 12.2. The largest absolute Gasteiger partial charge is 0.480 e. The average molecular weight is 373 g/mol. The lowest BCUT2D eigenvalue weighted by molar-refractivity contribution is 0.0602. The van der Waals surface area contributed by atoms with Crippen LogP contribution in [0.25, 0.3) is 22.2 Å². The van der Waals surface area contributed by atoms with E-state index in [9.17, 15) is 4.79 Å². The zero-order valence-electron chi connectivity index (χ0n) is 12.5. The van der Waals surface area contributed by atoms with Gasteiger partial charge in [-0.3, -0.25) is 0 Å². The highest BCUT2D eigenvalue weighted by molar-refractivity contribution is 9.10. The van der Waals surface area contributed by atoms with Gasteiger partial charge in [0.2, 0.25) is 5.88 Å². The number of aromatic nitrogens is 2. The minimum absolute atomic E-state index is 0.345. The Morgan fingerprint density at radius 1 is 1.13 bits per heavy atom. The predicted molar refractivity (Wildman–Crippen MR) is 90.6 cm³/mol. The summed E-state index contributed by atoms with van der Waals surface area (Å²) in [7, 11) is 2.85. The van der Waals surface area contributed by atoms with Crippen LogP contribution in [0.15, 0.2) is 47.1 Å². The number of fused-ring (bicyclic) bond motifs is 1. The highest BCUT2D eigenvalue weighted by atomic mass is 79.9. The van der Waals surface area contributed by atoms with Crippen LogP contribution in [0, 0.1) is 0 Å². The third-order valence-electron chi connectivity index (χ3n) is 3.42. The third kappa shape index (κ3) is 2.90. The van der Waals surface area contributed by atoms with E-state index in [1.807, 2.05) is 24.3 Å². The zero-order valence-corrected chi connectivity index (χ0v) is 14.1. The number of hydrogen-bond acceptors (Lipinski definition) is 5. The van der Waals surface area contributed by atoms with Gasteiger partial charge in [-0.2, -0.15) is 0 Å². The van der Waals surface area contributed by atoms with Gasteiger partial charge in [-0.15, -0.1) is 0 Å². The number of hydrogen-bond donors (Lipinski definition) is 0. The van der Waals surface area contributed by atoms with Crippen LogP contribution in [0.2, 0.25) is 0 Å². The number of carbonyl (C=O) groups is 1. The van der Waals surface area contributed by atoms with Gasteiger partial charge in [-0.25, -0.2) is 14.8 Å². The second-order valence-electron chi connectivity index (χ2n) is 4.77. The second kappa shape index (κ2) is 6.34. The lowest BCUT2D eigenvalue weighted by atomic mass is 10.1. The first-order chi connectivity index (χ1) is 11.1. The lowest BCUT2D eigenvalue weighted by Gasteiger charge is -2.11. The molecule has 0 saturated heterocycles. The Morgan fingerprint density at radius 3 is 2.52 bits per heavy atom. The van der Waals surface area contributed by atoms with Crippen molar-refractivity contribution in [2.75, 3.05) is 14.2 Å². The molecule has 116 valence electrons. The summed E-state index contributed by atoms with van der Waals surface area (Å²) in [4.78, 5) is 21.0. The molecule has 2 heterocycles. The molecule has 0 aliphatic carbocycles. The fraction of sp³-hybridized carbons (Fsp3) is 0.118. The van der Waals surface area contributed by atoms with Crippen LogP contribution < -0.4 is 4.74 Å². The molecule has 23 heavy (non-hydrogen) atoms. The van der Waals surface area contributed by atoms with E-state index >= 15 is 0 Å². The van der Waals surface area contributed by atoms with Gasteiger partial charge in [-0.05, 0) is 24.3 Å². The number of carbonyl (C=O) groups excluding carboxylic acids is 1. The second-order valence-corrected chi connectivity index (χ2v) is 5.68. The van der Waals surface area contributed by atoms with Crippen LogP contribution in [-0.2, 0) is 4.74 Å². The van der Waals surface area contributed by atoms with E-state index in [1.54, 1.807) is 18.3 Å². The van der Waals surface area contributed by atoms with Crippen LogP contribution in [-0.4, -0.2) is 30.2 Å². The van der Waals surface area contributed by atoms with Gasteiger partial charge in [0.1, 0.15) is 0 Å². The first-order valence-corrected chi connectivity index (χ1v) is 7.61. The quantitative estimate of drug-likeness (QED) is 0.653. The molecule has 0 bridgehead atoms. The van der Waals surface area contributed by atoms with Crippen molar-refractivity contribution in [2.24, 2.45) is 0 Å². The first-order valence-electron chi connectivity index (χ1n) is 6.82. The number of esters is 1. The summed E-state index contributed by atoms with van der Waals surface area (Å²) in [6, 6.07) is 11.1. The molecule has 2 aromatic heterocycles. The molecule has 0 aliphatic heterocycles. The summed E-state index contributed by atoms with van der Waals surface area (Å²) in [5.74, 6) is -0.111. The van der Waals surface area contributed by atoms with Crippen molar-refractivity contribution in [1.29, 1.82) is 0 Å². The summed E-state index contributed by atoms with van der Waals surface area (Å²) < 4.78 is 11.1. The minimum atomic E-state index is -0.456. The Hall–Kier alpha value is -2.47. The molecule has 3 rings (SSSR count). The Morgan fingerprint density at radius 2 is 1.87 bits per heavy atom. The molecule has 0 fully saturated rings. The number of pyridine rings is 2. The molecule has 0 radical (unpaired) electrons. The van der Waals surface area contributed by atoms with Crippen LogP contribution in [0.5, 0.6) is 5.88 Å². The highest BCUT2D eigenvalue weighted by Gasteiger charge is 2.18. The van der Waals surface area contributed by atoms with Gasteiger partial charge in [-0.1, -0.05) is 28.1 Å². The molecule has 0 aliphatic rings. The van der Waals surface area contributed by atoms with Crippen molar-refractivity contribution in [3.8, 4) is 17.1 Å². The van der Waals surface area contributed by atoms with E-state index in [1.165, 1.54) is 14.2 Å². The summed E-state index contributed by atoms with van der Waals surface area (Å²) in [5.41, 5.74) is 2.58. The maximum Gasteiger partial charge on any atom is 0.338 e. The van der Waals surface area contributed by atoms with Crippen molar-refractivity contribution in [3.05, 3.63) is 52.6 Å². The number of methoxy groups -OCH3 is 2. The molecule has 6 heteroatoms. The van der Waals surface area contributed by atoms with E-state index in [0.717, 1.165) is 10.0 Å². The molecule has 3 aromatic rings. The fourth-order valence-electron chi connectivity index (χ4n) is 2.34. The predicted octanol–water partition coefficient (Wildman–Crippen LogP) is 3.85. The topological polar surface area (TPSA) is 61.3 Å². The fourth-order valence-corrected chi connectivity index (χ4v) is 2.61. The van der Waals surface area contributed by atoms with Gasteiger partial charge in [0.05, 0.1) is 36.4 Å². The van der Waals surface area contributed by atoms with Gasteiger partial charge in [0, 0.05) is 16.2 Å². The molecule has 0 amide bonds. The maximum atomic E-state index is 12.2. The van der Waals surface area contributed by atoms with Crippen molar-refractivity contribution in [3.63, 3.8) is 0 Å². The zero-order chi connectivity index (χ0) is 16.4. The van der Waals surface area contributed by atoms with Gasteiger partial charge >= 0.3 is 5.97 Å². The standard InChI is InChI=1S/C17H13BrN2O3/c1-22-16-15-12(17(21)23-2)9-14(20-13(15)7-8-19-16)10-3-5-11(18)6-4-10/h3-9H,1-2H3. The number of nitrogens with zero attached hydrogens (tertiary/aromatic N) is 2. The molecular weight excluding hydrogens is 360 g/mol. The summed E-state index contributed by atoms with van der Waals surface area (Å²) in [5, 5.41) is 0.544. The molecule has 0 atom stereocenters. The highest BCUT2D eigenvalue weighted by Crippen LogP contribution is 2.30.